The highest BCUT2D eigenvalue weighted by molar-refractivity contribution is 5.34. The van der Waals surface area contributed by atoms with Gasteiger partial charge in [0, 0.05) is 12.0 Å². The van der Waals surface area contributed by atoms with E-state index < -0.39 is 5.60 Å². The maximum Gasteiger partial charge on any atom is 0.118 e. The molecule has 0 bridgehead atoms. The van der Waals surface area contributed by atoms with Crippen LogP contribution in [0.1, 0.15) is 47.9 Å². The second-order valence-corrected chi connectivity index (χ2v) is 8.96. The van der Waals surface area contributed by atoms with Crippen LogP contribution in [-0.2, 0) is 5.60 Å². The van der Waals surface area contributed by atoms with Gasteiger partial charge in [0.1, 0.15) is 5.75 Å². The van der Waals surface area contributed by atoms with E-state index in [1.165, 1.54) is 11.1 Å². The Morgan fingerprint density at radius 1 is 0.903 bits per heavy atom. The van der Waals surface area contributed by atoms with Gasteiger partial charge in [-0.25, -0.2) is 0 Å². The Kier molecular flexibility index (Phi) is 6.45. The lowest BCUT2D eigenvalue weighted by Crippen LogP contribution is -2.46. The quantitative estimate of drug-likeness (QED) is 0.555. The van der Waals surface area contributed by atoms with Crippen LogP contribution >= 0.6 is 0 Å². The molecular weight excluding hydrogens is 382 g/mol. The molecule has 1 aliphatic carbocycles. The second-order valence-electron chi connectivity index (χ2n) is 8.96. The Morgan fingerprint density at radius 3 is 2.10 bits per heavy atom. The molecule has 0 amide bonds. The molecule has 3 aromatic rings. The average Bonchev–Trinajstić information content (AvgIpc) is 2.81. The first-order valence-corrected chi connectivity index (χ1v) is 11.2. The third kappa shape index (κ3) is 4.39. The van der Waals surface area contributed by atoms with Crippen molar-refractivity contribution in [3.8, 4) is 5.75 Å². The van der Waals surface area contributed by atoms with Gasteiger partial charge in [-0.3, -0.25) is 0 Å². The summed E-state index contributed by atoms with van der Waals surface area (Å²) >= 11 is 0. The van der Waals surface area contributed by atoms with E-state index in [0.717, 1.165) is 30.6 Å². The summed E-state index contributed by atoms with van der Waals surface area (Å²) in [6.07, 6.45) is 2.64. The first-order chi connectivity index (χ1) is 15.0. The fraction of sp³-hybridized carbons (Fsp3) is 0.357. The van der Waals surface area contributed by atoms with Gasteiger partial charge in [0.05, 0.1) is 12.7 Å². The number of hydrogen-bond donors (Lipinski definition) is 1. The van der Waals surface area contributed by atoms with Crippen LogP contribution < -0.4 is 4.74 Å². The molecule has 4 atom stereocenters. The molecular formula is C28H33NO2. The van der Waals surface area contributed by atoms with Gasteiger partial charge in [0.25, 0.3) is 0 Å². The van der Waals surface area contributed by atoms with Crippen molar-refractivity contribution in [3.63, 3.8) is 0 Å². The molecule has 3 nitrogen and oxygen atoms in total. The molecule has 1 aliphatic rings. The van der Waals surface area contributed by atoms with E-state index >= 15 is 0 Å². The minimum absolute atomic E-state index is 0.0530. The largest absolute Gasteiger partial charge is 0.497 e. The molecule has 4 rings (SSSR count). The van der Waals surface area contributed by atoms with E-state index in [0.29, 0.717) is 5.92 Å². The van der Waals surface area contributed by atoms with Gasteiger partial charge in [-0.2, -0.15) is 0 Å². The molecule has 1 saturated carbocycles. The SMILES string of the molecule is COc1ccc(C2(O)CCC(c3ccccc3)CC2C(c2ccccc2)N(C)C)cc1. The molecule has 0 saturated heterocycles. The zero-order valence-corrected chi connectivity index (χ0v) is 18.7. The van der Waals surface area contributed by atoms with Crippen LogP contribution in [0.25, 0.3) is 0 Å². The number of hydrogen-bond acceptors (Lipinski definition) is 3. The Labute approximate surface area is 186 Å². The third-order valence-corrected chi connectivity index (χ3v) is 6.97. The van der Waals surface area contributed by atoms with Gasteiger partial charge >= 0.3 is 0 Å². The monoisotopic (exact) mass is 415 g/mol. The van der Waals surface area contributed by atoms with Gasteiger partial charge in [0.15, 0.2) is 0 Å². The van der Waals surface area contributed by atoms with Crippen molar-refractivity contribution < 1.29 is 9.84 Å². The van der Waals surface area contributed by atoms with Gasteiger partial charge < -0.3 is 14.7 Å². The number of benzene rings is 3. The summed E-state index contributed by atoms with van der Waals surface area (Å²) in [4.78, 5) is 2.27. The van der Waals surface area contributed by atoms with Crippen molar-refractivity contribution >= 4 is 0 Å². The van der Waals surface area contributed by atoms with Crippen molar-refractivity contribution in [1.29, 1.82) is 0 Å². The normalized spacial score (nSPS) is 24.7. The maximum atomic E-state index is 12.2. The lowest BCUT2D eigenvalue weighted by atomic mass is 9.63. The molecule has 0 spiro atoms. The van der Waals surface area contributed by atoms with Crippen molar-refractivity contribution in [2.24, 2.45) is 5.92 Å². The van der Waals surface area contributed by atoms with Gasteiger partial charge in [0.2, 0.25) is 0 Å². The highest BCUT2D eigenvalue weighted by atomic mass is 16.5. The molecule has 4 unspecified atom stereocenters. The molecule has 31 heavy (non-hydrogen) atoms. The Morgan fingerprint density at radius 2 is 1.52 bits per heavy atom. The van der Waals surface area contributed by atoms with Gasteiger partial charge in [-0.15, -0.1) is 0 Å². The number of rotatable bonds is 6. The van der Waals surface area contributed by atoms with Crippen LogP contribution in [-0.4, -0.2) is 31.2 Å². The van der Waals surface area contributed by atoms with Crippen LogP contribution in [0.15, 0.2) is 84.9 Å². The van der Waals surface area contributed by atoms with Crippen molar-refractivity contribution in [3.05, 3.63) is 102 Å². The zero-order chi connectivity index (χ0) is 21.8. The summed E-state index contributed by atoms with van der Waals surface area (Å²) in [7, 11) is 5.92. The molecule has 0 heterocycles. The highest BCUT2D eigenvalue weighted by Gasteiger charge is 2.48. The van der Waals surface area contributed by atoms with Crippen LogP contribution in [0.2, 0.25) is 0 Å². The lowest BCUT2D eigenvalue weighted by Gasteiger charge is -2.49. The summed E-state index contributed by atoms with van der Waals surface area (Å²) in [6.45, 7) is 0. The van der Waals surface area contributed by atoms with E-state index in [4.69, 9.17) is 4.74 Å². The predicted molar refractivity (Wildman–Crippen MR) is 126 cm³/mol. The number of methoxy groups -OCH3 is 1. The molecule has 3 aromatic carbocycles. The zero-order valence-electron chi connectivity index (χ0n) is 18.7. The molecule has 1 N–H and O–H groups in total. The van der Waals surface area contributed by atoms with Crippen LogP contribution in [0.4, 0.5) is 0 Å². The second kappa shape index (κ2) is 9.25. The minimum Gasteiger partial charge on any atom is -0.497 e. The van der Waals surface area contributed by atoms with Gasteiger partial charge in [-0.05, 0) is 68.1 Å². The first-order valence-electron chi connectivity index (χ1n) is 11.2. The fourth-order valence-electron chi connectivity index (χ4n) is 5.40. The Balaban J connectivity index is 1.77. The molecule has 0 aromatic heterocycles. The fourth-order valence-corrected chi connectivity index (χ4v) is 5.40. The van der Waals surface area contributed by atoms with E-state index in [-0.39, 0.29) is 12.0 Å². The van der Waals surface area contributed by atoms with E-state index in [1.807, 2.05) is 24.3 Å². The van der Waals surface area contributed by atoms with Crippen molar-refractivity contribution in [1.82, 2.24) is 4.90 Å². The highest BCUT2D eigenvalue weighted by Crippen LogP contribution is 2.52. The summed E-state index contributed by atoms with van der Waals surface area (Å²) in [6, 6.07) is 29.5. The molecule has 0 radical (unpaired) electrons. The van der Waals surface area contributed by atoms with Gasteiger partial charge in [-0.1, -0.05) is 72.8 Å². The van der Waals surface area contributed by atoms with E-state index in [1.54, 1.807) is 7.11 Å². The van der Waals surface area contributed by atoms with Crippen LogP contribution in [0, 0.1) is 5.92 Å². The third-order valence-electron chi connectivity index (χ3n) is 6.97. The average molecular weight is 416 g/mol. The topological polar surface area (TPSA) is 32.7 Å². The predicted octanol–water partition coefficient (Wildman–Crippen LogP) is 5.77. The van der Waals surface area contributed by atoms with E-state index in [9.17, 15) is 5.11 Å². The number of ether oxygens (including phenoxy) is 1. The van der Waals surface area contributed by atoms with Crippen molar-refractivity contribution in [2.45, 2.75) is 36.8 Å². The molecule has 162 valence electrons. The first kappa shape index (κ1) is 21.6. The molecule has 3 heteroatoms. The van der Waals surface area contributed by atoms with Crippen LogP contribution in [0.3, 0.4) is 0 Å². The summed E-state index contributed by atoms with van der Waals surface area (Å²) in [5.41, 5.74) is 2.70. The lowest BCUT2D eigenvalue weighted by molar-refractivity contribution is -0.0886. The smallest absolute Gasteiger partial charge is 0.118 e. The summed E-state index contributed by atoms with van der Waals surface area (Å²) in [5.74, 6) is 1.31. The van der Waals surface area contributed by atoms with E-state index in [2.05, 4.69) is 79.7 Å². The Hall–Kier alpha value is -2.62. The summed E-state index contributed by atoms with van der Waals surface area (Å²) in [5, 5.41) is 12.2. The maximum absolute atomic E-state index is 12.2. The molecule has 1 fully saturated rings. The standard InChI is InChI=1S/C28H33NO2/c1-29(2)27(22-12-8-5-9-13-22)26-20-23(21-10-6-4-7-11-21)18-19-28(26,30)24-14-16-25(31-3)17-15-24/h4-17,23,26-27,30H,18-20H2,1-3H3. The van der Waals surface area contributed by atoms with Crippen LogP contribution in [0.5, 0.6) is 5.75 Å². The summed E-state index contributed by atoms with van der Waals surface area (Å²) < 4.78 is 5.36. The number of nitrogens with zero attached hydrogens (tertiary/aromatic N) is 1. The Bertz CT molecular complexity index is 955. The molecule has 0 aliphatic heterocycles. The number of aliphatic hydroxyl groups is 1. The minimum atomic E-state index is -0.900. The van der Waals surface area contributed by atoms with Crippen molar-refractivity contribution in [2.75, 3.05) is 21.2 Å².